The summed E-state index contributed by atoms with van der Waals surface area (Å²) in [5.41, 5.74) is -2.14. The first kappa shape index (κ1) is 18.0. The van der Waals surface area contributed by atoms with Crippen LogP contribution in [0.25, 0.3) is 0 Å². The zero-order valence-corrected chi connectivity index (χ0v) is 12.5. The Kier molecular flexibility index (Phi) is 5.22. The molecule has 0 aromatic heterocycles. The molecule has 0 radical (unpaired) electrons. The van der Waals surface area contributed by atoms with Crippen LogP contribution >= 0.6 is 0 Å². The molecule has 0 fully saturated rings. The molecule has 2 N–H and O–H groups in total. The van der Waals surface area contributed by atoms with E-state index in [0.29, 0.717) is 0 Å². The lowest BCUT2D eigenvalue weighted by atomic mass is 9.85. The molecule has 7 heteroatoms. The molecule has 1 aromatic carbocycles. The fraction of sp³-hybridized carbons (Fsp3) is 0.467. The van der Waals surface area contributed by atoms with Crippen molar-refractivity contribution in [3.05, 3.63) is 35.4 Å². The van der Waals surface area contributed by atoms with Gasteiger partial charge in [-0.3, -0.25) is 9.59 Å². The van der Waals surface area contributed by atoms with Gasteiger partial charge in [0.15, 0.2) is 0 Å². The van der Waals surface area contributed by atoms with Crippen LogP contribution < -0.4 is 5.32 Å². The van der Waals surface area contributed by atoms with Crippen molar-refractivity contribution < 1.29 is 27.9 Å². The molecule has 0 aliphatic heterocycles. The van der Waals surface area contributed by atoms with E-state index in [0.717, 1.165) is 18.2 Å². The lowest BCUT2D eigenvalue weighted by Gasteiger charge is -2.33. The first-order chi connectivity index (χ1) is 9.95. The molecule has 122 valence electrons. The van der Waals surface area contributed by atoms with Crippen LogP contribution in [0.2, 0.25) is 0 Å². The van der Waals surface area contributed by atoms with Crippen LogP contribution in [0.1, 0.15) is 43.1 Å². The predicted molar refractivity (Wildman–Crippen MR) is 74.4 cm³/mol. The van der Waals surface area contributed by atoms with Gasteiger partial charge in [-0.15, -0.1) is 0 Å². The second kappa shape index (κ2) is 6.37. The number of amides is 1. The summed E-state index contributed by atoms with van der Waals surface area (Å²) >= 11 is 0. The molecule has 1 unspecified atom stereocenters. The van der Waals surface area contributed by atoms with Crippen molar-refractivity contribution >= 4 is 11.9 Å². The van der Waals surface area contributed by atoms with Crippen molar-refractivity contribution in [1.82, 2.24) is 5.32 Å². The summed E-state index contributed by atoms with van der Waals surface area (Å²) in [6, 6.07) is 4.01. The number of benzene rings is 1. The second-order valence-corrected chi connectivity index (χ2v) is 5.68. The number of carboxylic acids is 1. The van der Waals surface area contributed by atoms with E-state index in [4.69, 9.17) is 5.11 Å². The number of hydrogen-bond acceptors (Lipinski definition) is 2. The van der Waals surface area contributed by atoms with Crippen LogP contribution in [-0.4, -0.2) is 22.5 Å². The smallest absolute Gasteiger partial charge is 0.416 e. The van der Waals surface area contributed by atoms with Crippen LogP contribution in [0.4, 0.5) is 13.2 Å². The predicted octanol–water partition coefficient (Wildman–Crippen LogP) is 3.32. The third-order valence-corrected chi connectivity index (χ3v) is 3.64. The highest BCUT2D eigenvalue weighted by atomic mass is 19.4. The Bertz CT molecular complexity index is 569. The molecule has 1 aromatic rings. The van der Waals surface area contributed by atoms with Gasteiger partial charge in [0.25, 0.3) is 5.91 Å². The highest BCUT2D eigenvalue weighted by molar-refractivity contribution is 5.95. The lowest BCUT2D eigenvalue weighted by molar-refractivity contribution is -0.139. The third kappa shape index (κ3) is 4.47. The van der Waals surface area contributed by atoms with Gasteiger partial charge in [-0.05, 0) is 31.0 Å². The maximum atomic E-state index is 12.7. The summed E-state index contributed by atoms with van der Waals surface area (Å²) in [5, 5.41) is 11.5. The van der Waals surface area contributed by atoms with E-state index in [1.807, 2.05) is 0 Å². The summed E-state index contributed by atoms with van der Waals surface area (Å²) in [6.45, 7) is 5.02. The van der Waals surface area contributed by atoms with E-state index < -0.39 is 29.2 Å². The normalized spacial score (nSPS) is 14.5. The summed E-state index contributed by atoms with van der Waals surface area (Å²) in [4.78, 5) is 23.1. The number of carbonyl (C=O) groups excluding carboxylic acids is 1. The molecule has 0 spiro atoms. The number of carboxylic acid groups (broad SMARTS) is 1. The molecule has 1 amide bonds. The van der Waals surface area contributed by atoms with Gasteiger partial charge in [0.05, 0.1) is 17.5 Å². The second-order valence-electron chi connectivity index (χ2n) is 5.68. The first-order valence-corrected chi connectivity index (χ1v) is 6.67. The van der Waals surface area contributed by atoms with E-state index in [1.54, 1.807) is 20.8 Å². The van der Waals surface area contributed by atoms with Gasteiger partial charge in [-0.2, -0.15) is 13.2 Å². The van der Waals surface area contributed by atoms with Crippen LogP contribution in [0.15, 0.2) is 24.3 Å². The molecule has 0 aliphatic rings. The Balaban J connectivity index is 3.03. The molecular formula is C15H18F3NO3. The lowest BCUT2D eigenvalue weighted by Crippen LogP contribution is -2.51. The largest absolute Gasteiger partial charge is 0.481 e. The summed E-state index contributed by atoms with van der Waals surface area (Å²) in [7, 11) is 0. The number of aliphatic carboxylic acids is 1. The average molecular weight is 317 g/mol. The Hall–Kier alpha value is -2.05. The van der Waals surface area contributed by atoms with Gasteiger partial charge >= 0.3 is 12.1 Å². The van der Waals surface area contributed by atoms with E-state index in [1.165, 1.54) is 6.07 Å². The molecule has 0 saturated heterocycles. The number of carbonyl (C=O) groups is 2. The molecule has 22 heavy (non-hydrogen) atoms. The number of halogens is 3. The number of nitrogens with one attached hydrogen (secondary N) is 1. The zero-order valence-electron chi connectivity index (χ0n) is 12.5. The van der Waals surface area contributed by atoms with Gasteiger partial charge in [0, 0.05) is 5.56 Å². The zero-order chi connectivity index (χ0) is 17.1. The quantitative estimate of drug-likeness (QED) is 0.875. The molecule has 0 saturated carbocycles. The molecule has 0 aliphatic carbocycles. The van der Waals surface area contributed by atoms with Crippen molar-refractivity contribution in [2.24, 2.45) is 5.92 Å². The minimum Gasteiger partial charge on any atom is -0.481 e. The van der Waals surface area contributed by atoms with E-state index in [9.17, 15) is 22.8 Å². The maximum Gasteiger partial charge on any atom is 0.416 e. The summed E-state index contributed by atoms with van der Waals surface area (Å²) < 4.78 is 38.0. The van der Waals surface area contributed by atoms with E-state index in [-0.39, 0.29) is 17.9 Å². The highest BCUT2D eigenvalue weighted by Gasteiger charge is 2.34. The Morgan fingerprint density at radius 3 is 2.32 bits per heavy atom. The monoisotopic (exact) mass is 317 g/mol. The van der Waals surface area contributed by atoms with Crippen LogP contribution in [0, 0.1) is 5.92 Å². The summed E-state index contributed by atoms with van der Waals surface area (Å²) in [5.74, 6) is -2.04. The molecule has 4 nitrogen and oxygen atoms in total. The van der Waals surface area contributed by atoms with E-state index in [2.05, 4.69) is 5.32 Å². The molecule has 1 atom stereocenters. The van der Waals surface area contributed by atoms with Crippen molar-refractivity contribution in [1.29, 1.82) is 0 Å². The van der Waals surface area contributed by atoms with Crippen LogP contribution in [0.3, 0.4) is 0 Å². The minimum atomic E-state index is -4.54. The van der Waals surface area contributed by atoms with Crippen LogP contribution in [-0.2, 0) is 11.0 Å². The number of alkyl halides is 3. The highest BCUT2D eigenvalue weighted by Crippen LogP contribution is 2.30. The molecule has 1 rings (SSSR count). The molecular weight excluding hydrogens is 299 g/mol. The Morgan fingerprint density at radius 1 is 1.27 bits per heavy atom. The van der Waals surface area contributed by atoms with Crippen LogP contribution in [0.5, 0.6) is 0 Å². The SMILES string of the molecule is CC(C)C(C)(CC(=O)O)NC(=O)c1cccc(C(F)(F)F)c1. The number of hydrogen-bond donors (Lipinski definition) is 2. The average Bonchev–Trinajstić information content (AvgIpc) is 2.36. The van der Waals surface area contributed by atoms with Gasteiger partial charge < -0.3 is 10.4 Å². The Labute approximate surface area is 126 Å². The van der Waals surface area contributed by atoms with Gasteiger partial charge in [0.2, 0.25) is 0 Å². The summed E-state index contributed by atoms with van der Waals surface area (Å²) in [6.07, 6.45) is -4.87. The topological polar surface area (TPSA) is 66.4 Å². The first-order valence-electron chi connectivity index (χ1n) is 6.67. The van der Waals surface area contributed by atoms with Gasteiger partial charge in [0.1, 0.15) is 0 Å². The van der Waals surface area contributed by atoms with Crippen molar-refractivity contribution in [2.75, 3.05) is 0 Å². The molecule has 0 bridgehead atoms. The minimum absolute atomic E-state index is 0.160. The van der Waals surface area contributed by atoms with Crippen molar-refractivity contribution in [3.63, 3.8) is 0 Å². The van der Waals surface area contributed by atoms with Gasteiger partial charge in [-0.25, -0.2) is 0 Å². The molecule has 0 heterocycles. The third-order valence-electron chi connectivity index (χ3n) is 3.64. The van der Waals surface area contributed by atoms with Crippen molar-refractivity contribution in [3.8, 4) is 0 Å². The fourth-order valence-electron chi connectivity index (χ4n) is 1.88. The Morgan fingerprint density at radius 2 is 1.86 bits per heavy atom. The standard InChI is InChI=1S/C15H18F3NO3/c1-9(2)14(3,8-12(20)21)19-13(22)10-5-4-6-11(7-10)15(16,17)18/h4-7,9H,8H2,1-3H3,(H,19,22)(H,20,21). The fourth-order valence-corrected chi connectivity index (χ4v) is 1.88. The van der Waals surface area contributed by atoms with E-state index >= 15 is 0 Å². The maximum absolute atomic E-state index is 12.7. The van der Waals surface area contributed by atoms with Gasteiger partial charge in [-0.1, -0.05) is 19.9 Å². The number of rotatable bonds is 5. The van der Waals surface area contributed by atoms with Crippen molar-refractivity contribution in [2.45, 2.75) is 38.9 Å².